The van der Waals surface area contributed by atoms with Crippen LogP contribution in [0.15, 0.2) is 36.4 Å². The first-order valence-corrected chi connectivity index (χ1v) is 5.12. The van der Waals surface area contributed by atoms with Crippen LogP contribution >= 0.6 is 0 Å². The van der Waals surface area contributed by atoms with Crippen molar-refractivity contribution in [2.45, 2.75) is 25.6 Å². The quantitative estimate of drug-likeness (QED) is 0.485. The second kappa shape index (κ2) is 5.33. The van der Waals surface area contributed by atoms with Crippen LogP contribution in [0.25, 0.3) is 0 Å². The highest BCUT2D eigenvalue weighted by molar-refractivity contribution is 5.26. The third-order valence-corrected chi connectivity index (χ3v) is 2.52. The summed E-state index contributed by atoms with van der Waals surface area (Å²) in [5.74, 6) is 5.33. The lowest BCUT2D eigenvalue weighted by molar-refractivity contribution is -0.137. The maximum Gasteiger partial charge on any atom is 0.416 e. The molecule has 0 bridgehead atoms. The Balaban J connectivity index is 2.78. The molecule has 0 saturated carbocycles. The third kappa shape index (κ3) is 3.87. The highest BCUT2D eigenvalue weighted by atomic mass is 19.4. The van der Waals surface area contributed by atoms with Gasteiger partial charge in [-0.15, -0.1) is 0 Å². The normalized spacial score (nSPS) is 13.5. The van der Waals surface area contributed by atoms with E-state index in [9.17, 15) is 13.2 Å². The summed E-state index contributed by atoms with van der Waals surface area (Å²) >= 11 is 0. The van der Waals surface area contributed by atoms with E-state index in [-0.39, 0.29) is 6.04 Å². The van der Waals surface area contributed by atoms with Gasteiger partial charge >= 0.3 is 6.18 Å². The van der Waals surface area contributed by atoms with Crippen LogP contribution in [0, 0.1) is 0 Å². The van der Waals surface area contributed by atoms with Crippen LogP contribution in [0.2, 0.25) is 0 Å². The number of benzene rings is 1. The Morgan fingerprint density at radius 3 is 2.24 bits per heavy atom. The van der Waals surface area contributed by atoms with Gasteiger partial charge in [-0.3, -0.25) is 11.3 Å². The molecule has 0 aliphatic heterocycles. The molecule has 3 N–H and O–H groups in total. The van der Waals surface area contributed by atoms with Gasteiger partial charge < -0.3 is 0 Å². The van der Waals surface area contributed by atoms with Crippen molar-refractivity contribution in [3.63, 3.8) is 0 Å². The van der Waals surface area contributed by atoms with Gasteiger partial charge in [-0.05, 0) is 31.0 Å². The van der Waals surface area contributed by atoms with Crippen molar-refractivity contribution in [2.75, 3.05) is 0 Å². The van der Waals surface area contributed by atoms with Crippen molar-refractivity contribution in [3.8, 4) is 0 Å². The fourth-order valence-corrected chi connectivity index (χ4v) is 1.44. The summed E-state index contributed by atoms with van der Waals surface area (Å²) in [4.78, 5) is 0. The van der Waals surface area contributed by atoms with Gasteiger partial charge in [0, 0.05) is 6.04 Å². The van der Waals surface area contributed by atoms with E-state index in [1.165, 1.54) is 12.1 Å². The van der Waals surface area contributed by atoms with Gasteiger partial charge in [0.2, 0.25) is 0 Å². The molecular formula is C12H15F3N2. The van der Waals surface area contributed by atoms with E-state index in [2.05, 4.69) is 12.0 Å². The average molecular weight is 244 g/mol. The number of alkyl halides is 3. The molecule has 1 rings (SSSR count). The molecule has 0 aromatic heterocycles. The van der Waals surface area contributed by atoms with Crippen LogP contribution in [-0.4, -0.2) is 6.04 Å². The molecule has 0 spiro atoms. The average Bonchev–Trinajstić information content (AvgIpc) is 2.25. The number of nitrogens with one attached hydrogen (secondary N) is 1. The zero-order valence-electron chi connectivity index (χ0n) is 9.51. The van der Waals surface area contributed by atoms with Gasteiger partial charge in [0.05, 0.1) is 5.56 Å². The monoisotopic (exact) mass is 244 g/mol. The summed E-state index contributed by atoms with van der Waals surface area (Å²) in [7, 11) is 0. The predicted molar refractivity (Wildman–Crippen MR) is 61.1 cm³/mol. The number of hydrazine groups is 1. The topological polar surface area (TPSA) is 38.0 Å². The van der Waals surface area contributed by atoms with E-state index in [4.69, 9.17) is 5.84 Å². The Hall–Kier alpha value is -1.33. The molecule has 0 aliphatic carbocycles. The van der Waals surface area contributed by atoms with E-state index in [1.54, 1.807) is 0 Å². The maximum atomic E-state index is 12.3. The van der Waals surface area contributed by atoms with Gasteiger partial charge in [-0.2, -0.15) is 13.2 Å². The molecule has 94 valence electrons. The number of rotatable bonds is 4. The first-order chi connectivity index (χ1) is 7.84. The van der Waals surface area contributed by atoms with Crippen LogP contribution in [0.5, 0.6) is 0 Å². The Morgan fingerprint density at radius 1 is 1.35 bits per heavy atom. The SMILES string of the molecule is C=C(C)C(Cc1ccc(C(F)(F)F)cc1)NN. The molecule has 1 atom stereocenters. The number of nitrogens with two attached hydrogens (primary N) is 1. The Morgan fingerprint density at radius 2 is 1.88 bits per heavy atom. The van der Waals surface area contributed by atoms with Gasteiger partial charge in [0.25, 0.3) is 0 Å². The number of hydrogen-bond donors (Lipinski definition) is 2. The lowest BCUT2D eigenvalue weighted by atomic mass is 10.0. The second-order valence-electron chi connectivity index (χ2n) is 3.96. The van der Waals surface area contributed by atoms with E-state index in [0.29, 0.717) is 6.42 Å². The van der Waals surface area contributed by atoms with Crippen molar-refractivity contribution in [3.05, 3.63) is 47.5 Å². The Labute approximate surface area is 98.3 Å². The van der Waals surface area contributed by atoms with E-state index in [0.717, 1.165) is 23.3 Å². The largest absolute Gasteiger partial charge is 0.416 e. The smallest absolute Gasteiger partial charge is 0.271 e. The highest BCUT2D eigenvalue weighted by Crippen LogP contribution is 2.29. The minimum absolute atomic E-state index is 0.133. The summed E-state index contributed by atoms with van der Waals surface area (Å²) in [6, 6.07) is 4.92. The molecule has 0 fully saturated rings. The third-order valence-electron chi connectivity index (χ3n) is 2.52. The minimum Gasteiger partial charge on any atom is -0.271 e. The van der Waals surface area contributed by atoms with Gasteiger partial charge in [0.1, 0.15) is 0 Å². The van der Waals surface area contributed by atoms with Crippen molar-refractivity contribution >= 4 is 0 Å². The molecule has 1 aromatic rings. The summed E-state index contributed by atoms with van der Waals surface area (Å²) in [5.41, 5.74) is 3.55. The highest BCUT2D eigenvalue weighted by Gasteiger charge is 2.29. The second-order valence-corrected chi connectivity index (χ2v) is 3.96. The molecule has 1 unspecified atom stereocenters. The zero-order valence-corrected chi connectivity index (χ0v) is 9.51. The molecular weight excluding hydrogens is 229 g/mol. The van der Waals surface area contributed by atoms with E-state index in [1.807, 2.05) is 6.92 Å². The predicted octanol–water partition coefficient (Wildman–Crippen LogP) is 2.66. The zero-order chi connectivity index (χ0) is 13.1. The molecule has 0 aliphatic rings. The Bertz CT molecular complexity index is 382. The van der Waals surface area contributed by atoms with Crippen LogP contribution in [-0.2, 0) is 12.6 Å². The standard InChI is InChI=1S/C12H15F3N2/c1-8(2)11(17-16)7-9-3-5-10(6-4-9)12(13,14)15/h3-6,11,17H,1,7,16H2,2H3. The Kier molecular flexibility index (Phi) is 4.31. The van der Waals surface area contributed by atoms with Crippen molar-refractivity contribution in [2.24, 2.45) is 5.84 Å². The molecule has 5 heteroatoms. The van der Waals surface area contributed by atoms with Gasteiger partial charge in [0.15, 0.2) is 0 Å². The number of halogens is 3. The molecule has 0 saturated heterocycles. The maximum absolute atomic E-state index is 12.3. The fraction of sp³-hybridized carbons (Fsp3) is 0.333. The van der Waals surface area contributed by atoms with Crippen LogP contribution in [0.1, 0.15) is 18.1 Å². The fourth-order valence-electron chi connectivity index (χ4n) is 1.44. The van der Waals surface area contributed by atoms with Crippen molar-refractivity contribution < 1.29 is 13.2 Å². The lowest BCUT2D eigenvalue weighted by Crippen LogP contribution is -2.37. The molecule has 0 amide bonds. The van der Waals surface area contributed by atoms with Gasteiger partial charge in [-0.1, -0.05) is 24.3 Å². The van der Waals surface area contributed by atoms with E-state index < -0.39 is 11.7 Å². The van der Waals surface area contributed by atoms with Gasteiger partial charge in [-0.25, -0.2) is 0 Å². The molecule has 2 nitrogen and oxygen atoms in total. The molecule has 1 aromatic carbocycles. The first-order valence-electron chi connectivity index (χ1n) is 5.12. The molecule has 17 heavy (non-hydrogen) atoms. The summed E-state index contributed by atoms with van der Waals surface area (Å²) in [6.45, 7) is 5.57. The van der Waals surface area contributed by atoms with Crippen molar-refractivity contribution in [1.82, 2.24) is 5.43 Å². The summed E-state index contributed by atoms with van der Waals surface area (Å²) in [6.07, 6.45) is -3.78. The lowest BCUT2D eigenvalue weighted by Gasteiger charge is -2.16. The number of hydrogen-bond acceptors (Lipinski definition) is 2. The molecule has 0 radical (unpaired) electrons. The van der Waals surface area contributed by atoms with Crippen LogP contribution in [0.4, 0.5) is 13.2 Å². The summed E-state index contributed by atoms with van der Waals surface area (Å²) in [5, 5.41) is 0. The van der Waals surface area contributed by atoms with E-state index >= 15 is 0 Å². The van der Waals surface area contributed by atoms with Crippen LogP contribution < -0.4 is 11.3 Å². The first kappa shape index (κ1) is 13.7. The minimum atomic E-state index is -4.29. The van der Waals surface area contributed by atoms with Crippen molar-refractivity contribution in [1.29, 1.82) is 0 Å². The molecule has 0 heterocycles. The summed E-state index contributed by atoms with van der Waals surface area (Å²) < 4.78 is 37.0. The van der Waals surface area contributed by atoms with Crippen LogP contribution in [0.3, 0.4) is 0 Å².